The van der Waals surface area contributed by atoms with E-state index in [4.69, 9.17) is 0 Å². The second-order valence-corrected chi connectivity index (χ2v) is 2.68. The molecule has 0 heterocycles. The predicted octanol–water partition coefficient (Wildman–Crippen LogP) is 2.05. The maximum Gasteiger partial charge on any atom is -0.0438 e. The Balaban J connectivity index is 2.11. The molecule has 0 atom stereocenters. The van der Waals surface area contributed by atoms with Gasteiger partial charge in [0.25, 0.3) is 0 Å². The van der Waals surface area contributed by atoms with Crippen molar-refractivity contribution in [1.29, 1.82) is 0 Å². The maximum absolute atomic E-state index is 2.32. The van der Waals surface area contributed by atoms with Gasteiger partial charge in [0.1, 0.15) is 0 Å². The minimum absolute atomic E-state index is 1.04. The van der Waals surface area contributed by atoms with Crippen molar-refractivity contribution in [2.24, 2.45) is 11.8 Å². The topological polar surface area (TPSA) is 0 Å². The monoisotopic (exact) mass is 84.1 g/mol. The summed E-state index contributed by atoms with van der Waals surface area (Å²) in [6.45, 7) is 4.64. The van der Waals surface area contributed by atoms with E-state index >= 15 is 0 Å². The lowest BCUT2D eigenvalue weighted by Crippen LogP contribution is -2.16. The summed E-state index contributed by atoms with van der Waals surface area (Å²) in [6, 6.07) is 0. The Labute approximate surface area is 39.6 Å². The van der Waals surface area contributed by atoms with Crippen LogP contribution in [0.1, 0.15) is 26.7 Å². The van der Waals surface area contributed by atoms with E-state index in [1.54, 1.807) is 0 Å². The van der Waals surface area contributed by atoms with Crippen molar-refractivity contribution in [3.63, 3.8) is 0 Å². The summed E-state index contributed by atoms with van der Waals surface area (Å²) in [5, 5.41) is 0. The molecule has 0 aromatic rings. The van der Waals surface area contributed by atoms with Gasteiger partial charge in [0.2, 0.25) is 0 Å². The smallest absolute Gasteiger partial charge is 0.0438 e. The Morgan fingerprint density at radius 2 is 1.33 bits per heavy atom. The van der Waals surface area contributed by atoms with Crippen LogP contribution in [0.4, 0.5) is 0 Å². The number of hydrogen-bond donors (Lipinski definition) is 0. The molecule has 1 aliphatic carbocycles. The zero-order valence-electron chi connectivity index (χ0n) is 4.57. The lowest BCUT2D eigenvalue weighted by molar-refractivity contribution is 0.233. The van der Waals surface area contributed by atoms with Crippen LogP contribution < -0.4 is 0 Å². The van der Waals surface area contributed by atoms with Crippen molar-refractivity contribution in [3.8, 4) is 0 Å². The first-order valence-electron chi connectivity index (χ1n) is 2.79. The van der Waals surface area contributed by atoms with Crippen LogP contribution in [0.5, 0.6) is 0 Å². The molecule has 36 valence electrons. The SMILES string of the molecule is C[C@H]1C[C@@H](C)C1. The normalized spacial score (nSPS) is 45.0. The van der Waals surface area contributed by atoms with Gasteiger partial charge >= 0.3 is 0 Å². The molecule has 1 fully saturated rings. The lowest BCUT2D eigenvalue weighted by Gasteiger charge is -2.28. The van der Waals surface area contributed by atoms with Gasteiger partial charge in [-0.1, -0.05) is 13.8 Å². The van der Waals surface area contributed by atoms with Crippen LogP contribution in [-0.2, 0) is 0 Å². The minimum Gasteiger partial charge on any atom is -0.0625 e. The van der Waals surface area contributed by atoms with Crippen molar-refractivity contribution >= 4 is 0 Å². The third-order valence-corrected chi connectivity index (χ3v) is 1.61. The lowest BCUT2D eigenvalue weighted by atomic mass is 9.78. The standard InChI is InChI=1S/C6H12/c1-5-3-6(2)4-5/h5-6H,3-4H2,1-2H3/t5-,6+. The van der Waals surface area contributed by atoms with Crippen molar-refractivity contribution < 1.29 is 0 Å². The zero-order valence-corrected chi connectivity index (χ0v) is 4.57. The van der Waals surface area contributed by atoms with Crippen LogP contribution in [0.2, 0.25) is 0 Å². The highest BCUT2D eigenvalue weighted by molar-refractivity contribution is 4.71. The highest BCUT2D eigenvalue weighted by atomic mass is 14.2. The molecule has 0 spiro atoms. The van der Waals surface area contributed by atoms with E-state index in [-0.39, 0.29) is 0 Å². The molecule has 0 radical (unpaired) electrons. The van der Waals surface area contributed by atoms with Gasteiger partial charge < -0.3 is 0 Å². The molecular weight excluding hydrogens is 72.1 g/mol. The summed E-state index contributed by atoms with van der Waals surface area (Å²) in [5.74, 6) is 2.08. The maximum atomic E-state index is 2.32. The fraction of sp³-hybridized carbons (Fsp3) is 1.00. The van der Waals surface area contributed by atoms with Crippen LogP contribution in [0.15, 0.2) is 0 Å². The Morgan fingerprint density at radius 3 is 1.33 bits per heavy atom. The third-order valence-electron chi connectivity index (χ3n) is 1.61. The molecule has 1 saturated carbocycles. The molecule has 0 nitrogen and oxygen atoms in total. The molecule has 0 unspecified atom stereocenters. The Morgan fingerprint density at radius 1 is 1.00 bits per heavy atom. The fourth-order valence-electron chi connectivity index (χ4n) is 1.30. The molecule has 0 aromatic carbocycles. The average molecular weight is 84.2 g/mol. The van der Waals surface area contributed by atoms with E-state index in [1.807, 2.05) is 0 Å². The van der Waals surface area contributed by atoms with Crippen molar-refractivity contribution in [3.05, 3.63) is 0 Å². The minimum atomic E-state index is 1.04. The van der Waals surface area contributed by atoms with E-state index in [0.29, 0.717) is 0 Å². The second-order valence-electron chi connectivity index (χ2n) is 2.68. The van der Waals surface area contributed by atoms with Crippen molar-refractivity contribution in [2.45, 2.75) is 26.7 Å². The number of rotatable bonds is 0. The van der Waals surface area contributed by atoms with Crippen LogP contribution in [0, 0.1) is 11.8 Å². The zero-order chi connectivity index (χ0) is 4.57. The quantitative estimate of drug-likeness (QED) is 0.421. The molecule has 6 heavy (non-hydrogen) atoms. The van der Waals surface area contributed by atoms with Crippen LogP contribution in [-0.4, -0.2) is 0 Å². The van der Waals surface area contributed by atoms with E-state index < -0.39 is 0 Å². The van der Waals surface area contributed by atoms with Gasteiger partial charge in [0.05, 0.1) is 0 Å². The second kappa shape index (κ2) is 1.25. The molecule has 0 aliphatic heterocycles. The Hall–Kier alpha value is 0. The van der Waals surface area contributed by atoms with Gasteiger partial charge in [-0.05, 0) is 24.7 Å². The summed E-state index contributed by atoms with van der Waals surface area (Å²) in [4.78, 5) is 0. The fourth-order valence-corrected chi connectivity index (χ4v) is 1.30. The van der Waals surface area contributed by atoms with Gasteiger partial charge in [-0.2, -0.15) is 0 Å². The van der Waals surface area contributed by atoms with Crippen LogP contribution in [0.25, 0.3) is 0 Å². The van der Waals surface area contributed by atoms with Gasteiger partial charge in [-0.15, -0.1) is 0 Å². The average Bonchev–Trinajstić information content (AvgIpc) is 1.33. The van der Waals surface area contributed by atoms with Gasteiger partial charge in [-0.25, -0.2) is 0 Å². The molecule has 0 heteroatoms. The summed E-state index contributed by atoms with van der Waals surface area (Å²) < 4.78 is 0. The third kappa shape index (κ3) is 0.562. The van der Waals surface area contributed by atoms with E-state index in [2.05, 4.69) is 13.8 Å². The molecule has 1 aliphatic rings. The molecule has 1 rings (SSSR count). The Bertz CT molecular complexity index is 36.0. The largest absolute Gasteiger partial charge is 0.0625 e. The van der Waals surface area contributed by atoms with Gasteiger partial charge in [-0.3, -0.25) is 0 Å². The van der Waals surface area contributed by atoms with E-state index in [1.165, 1.54) is 12.8 Å². The first kappa shape index (κ1) is 4.17. The molecule has 0 amide bonds. The highest BCUT2D eigenvalue weighted by Crippen LogP contribution is 2.31. The summed E-state index contributed by atoms with van der Waals surface area (Å²) >= 11 is 0. The molecule has 0 bridgehead atoms. The summed E-state index contributed by atoms with van der Waals surface area (Å²) in [5.41, 5.74) is 0. The first-order chi connectivity index (χ1) is 2.79. The highest BCUT2D eigenvalue weighted by Gasteiger charge is 2.19. The first-order valence-corrected chi connectivity index (χ1v) is 2.79. The Kier molecular flexibility index (Phi) is 0.868. The van der Waals surface area contributed by atoms with E-state index in [9.17, 15) is 0 Å². The van der Waals surface area contributed by atoms with Gasteiger partial charge in [0, 0.05) is 0 Å². The molecule has 0 aromatic heterocycles. The van der Waals surface area contributed by atoms with Crippen molar-refractivity contribution in [2.75, 3.05) is 0 Å². The number of hydrogen-bond acceptors (Lipinski definition) is 0. The van der Waals surface area contributed by atoms with Crippen LogP contribution in [0.3, 0.4) is 0 Å². The van der Waals surface area contributed by atoms with Crippen molar-refractivity contribution in [1.82, 2.24) is 0 Å². The molecule has 0 N–H and O–H groups in total. The van der Waals surface area contributed by atoms with Gasteiger partial charge in [0.15, 0.2) is 0 Å². The predicted molar refractivity (Wildman–Crippen MR) is 27.6 cm³/mol. The molecular formula is C6H12. The summed E-state index contributed by atoms with van der Waals surface area (Å²) in [6.07, 6.45) is 2.94. The molecule has 0 saturated heterocycles. The summed E-state index contributed by atoms with van der Waals surface area (Å²) in [7, 11) is 0. The van der Waals surface area contributed by atoms with E-state index in [0.717, 1.165) is 11.8 Å². The van der Waals surface area contributed by atoms with Crippen LogP contribution >= 0.6 is 0 Å².